The molecule has 10 heteroatoms. The maximum absolute atomic E-state index is 12.2. The lowest BCUT2D eigenvalue weighted by Gasteiger charge is -2.18. The molecule has 2 rings (SSSR count). The van der Waals surface area contributed by atoms with E-state index in [1.807, 2.05) is 0 Å². The van der Waals surface area contributed by atoms with E-state index in [0.29, 0.717) is 5.56 Å². The Balaban J connectivity index is 2.10. The van der Waals surface area contributed by atoms with Gasteiger partial charge < -0.3 is 9.47 Å². The summed E-state index contributed by atoms with van der Waals surface area (Å²) in [7, 11) is 0. The molecule has 0 fully saturated rings. The zero-order valence-electron chi connectivity index (χ0n) is 13.0. The monoisotopic (exact) mass is 361 g/mol. The van der Waals surface area contributed by atoms with Crippen LogP contribution < -0.4 is 10.1 Å². The molecule has 6 nitrogen and oxygen atoms in total. The van der Waals surface area contributed by atoms with Gasteiger partial charge in [-0.15, -0.1) is 13.2 Å². The number of hydrogen-bond donors (Lipinski definition) is 1. The number of carbonyl (C=O) groups is 1. The summed E-state index contributed by atoms with van der Waals surface area (Å²) in [5, 5.41) is 2.58. The van der Waals surface area contributed by atoms with Crippen molar-refractivity contribution in [1.29, 1.82) is 0 Å². The van der Waals surface area contributed by atoms with Crippen molar-refractivity contribution >= 4 is 22.8 Å². The summed E-state index contributed by atoms with van der Waals surface area (Å²) in [5.74, 6) is -0.213. The molecule has 130 valence electrons. The van der Waals surface area contributed by atoms with Crippen molar-refractivity contribution in [3.05, 3.63) is 24.3 Å². The van der Waals surface area contributed by atoms with Gasteiger partial charge in [-0.25, -0.2) is 4.79 Å². The third-order valence-corrected chi connectivity index (χ3v) is 2.99. The van der Waals surface area contributed by atoms with Crippen LogP contribution in [0.15, 0.2) is 24.3 Å². The molecule has 1 aromatic heterocycles. The third kappa shape index (κ3) is 5.69. The van der Waals surface area contributed by atoms with Gasteiger partial charge in [0.1, 0.15) is 11.4 Å². The number of nitrogens with one attached hydrogen (secondary N) is 1. The number of alkyl halides is 3. The standard InChI is InChI=1S/C14H14F3N3O3S/c1-13(2,3)23-12(21)19-11-18-10(20-24-11)8-5-4-6-9(7-8)22-14(15,16)17/h4-7H,1-3H3,(H,18,19,20,21). The summed E-state index contributed by atoms with van der Waals surface area (Å²) in [6.07, 6.45) is -5.48. The molecule has 0 spiro atoms. The number of hydrogen-bond acceptors (Lipinski definition) is 6. The van der Waals surface area contributed by atoms with Crippen LogP contribution in [-0.4, -0.2) is 27.4 Å². The predicted octanol–water partition coefficient (Wildman–Crippen LogP) is 4.45. The lowest BCUT2D eigenvalue weighted by atomic mass is 10.2. The van der Waals surface area contributed by atoms with Gasteiger partial charge in [0.15, 0.2) is 5.82 Å². The maximum atomic E-state index is 12.2. The minimum Gasteiger partial charge on any atom is -0.444 e. The van der Waals surface area contributed by atoms with E-state index < -0.39 is 18.1 Å². The number of anilines is 1. The quantitative estimate of drug-likeness (QED) is 0.874. The van der Waals surface area contributed by atoms with Crippen LogP contribution in [-0.2, 0) is 4.74 Å². The van der Waals surface area contributed by atoms with Gasteiger partial charge in [-0.1, -0.05) is 12.1 Å². The topological polar surface area (TPSA) is 73.3 Å². The first-order valence-electron chi connectivity index (χ1n) is 6.72. The van der Waals surface area contributed by atoms with E-state index in [2.05, 4.69) is 19.4 Å². The van der Waals surface area contributed by atoms with Gasteiger partial charge in [-0.05, 0) is 32.9 Å². The van der Waals surface area contributed by atoms with Crippen LogP contribution >= 0.6 is 11.5 Å². The molecule has 1 N–H and O–H groups in total. The Kier molecular flexibility index (Phi) is 4.97. The molecule has 0 radical (unpaired) electrons. The van der Waals surface area contributed by atoms with Crippen LogP contribution in [0.1, 0.15) is 20.8 Å². The van der Waals surface area contributed by atoms with Crippen molar-refractivity contribution in [3.8, 4) is 17.1 Å². The van der Waals surface area contributed by atoms with Gasteiger partial charge in [-0.3, -0.25) is 5.32 Å². The van der Waals surface area contributed by atoms with E-state index >= 15 is 0 Å². The number of carbonyl (C=O) groups excluding carboxylic acids is 1. The minimum absolute atomic E-state index is 0.165. The summed E-state index contributed by atoms with van der Waals surface area (Å²) in [4.78, 5) is 15.7. The van der Waals surface area contributed by atoms with E-state index in [1.54, 1.807) is 20.8 Å². The normalized spacial score (nSPS) is 11.9. The van der Waals surface area contributed by atoms with E-state index in [1.165, 1.54) is 18.2 Å². The first-order chi connectivity index (χ1) is 11.0. The van der Waals surface area contributed by atoms with Crippen LogP contribution in [0.3, 0.4) is 0 Å². The number of aromatic nitrogens is 2. The molecule has 0 aliphatic heterocycles. The van der Waals surface area contributed by atoms with Crippen molar-refractivity contribution in [2.75, 3.05) is 5.32 Å². The molecule has 1 heterocycles. The number of rotatable bonds is 3. The minimum atomic E-state index is -4.78. The van der Waals surface area contributed by atoms with Crippen LogP contribution in [0.2, 0.25) is 0 Å². The second kappa shape index (κ2) is 6.63. The highest BCUT2D eigenvalue weighted by atomic mass is 32.1. The summed E-state index contributed by atoms with van der Waals surface area (Å²) < 4.78 is 49.7. The van der Waals surface area contributed by atoms with Gasteiger partial charge in [0, 0.05) is 17.1 Å². The summed E-state index contributed by atoms with van der Waals surface area (Å²) in [6, 6.07) is 5.25. The van der Waals surface area contributed by atoms with E-state index in [-0.39, 0.29) is 16.7 Å². The highest BCUT2D eigenvalue weighted by molar-refractivity contribution is 7.10. The van der Waals surface area contributed by atoms with E-state index in [4.69, 9.17) is 4.74 Å². The number of nitrogens with zero attached hydrogens (tertiary/aromatic N) is 2. The van der Waals surface area contributed by atoms with Crippen LogP contribution in [0.4, 0.5) is 23.1 Å². The Hall–Kier alpha value is -2.36. The van der Waals surface area contributed by atoms with Crippen molar-refractivity contribution in [2.45, 2.75) is 32.7 Å². The highest BCUT2D eigenvalue weighted by Gasteiger charge is 2.31. The van der Waals surface area contributed by atoms with Gasteiger partial charge in [0.05, 0.1) is 0 Å². The Labute approximate surface area is 139 Å². The van der Waals surface area contributed by atoms with Gasteiger partial charge in [0.2, 0.25) is 5.13 Å². The lowest BCUT2D eigenvalue weighted by Crippen LogP contribution is -2.27. The molecule has 24 heavy (non-hydrogen) atoms. The average Bonchev–Trinajstić information content (AvgIpc) is 2.83. The molecule has 0 bridgehead atoms. The average molecular weight is 361 g/mol. The van der Waals surface area contributed by atoms with Gasteiger partial charge in [0.25, 0.3) is 0 Å². The Morgan fingerprint density at radius 3 is 2.58 bits per heavy atom. The first-order valence-corrected chi connectivity index (χ1v) is 7.49. The molecule has 1 amide bonds. The fourth-order valence-electron chi connectivity index (χ4n) is 1.61. The van der Waals surface area contributed by atoms with Crippen LogP contribution in [0.25, 0.3) is 11.4 Å². The van der Waals surface area contributed by atoms with Crippen LogP contribution in [0, 0.1) is 0 Å². The summed E-state index contributed by atoms with van der Waals surface area (Å²) in [6.45, 7) is 5.14. The van der Waals surface area contributed by atoms with Crippen molar-refractivity contribution in [2.24, 2.45) is 0 Å². The SMILES string of the molecule is CC(C)(C)OC(=O)Nc1nc(-c2cccc(OC(F)(F)F)c2)ns1. The number of benzene rings is 1. The Morgan fingerprint density at radius 1 is 1.25 bits per heavy atom. The van der Waals surface area contributed by atoms with Gasteiger partial charge in [-0.2, -0.15) is 9.36 Å². The Bertz CT molecular complexity index is 726. The zero-order chi connectivity index (χ0) is 18.0. The second-order valence-electron chi connectivity index (χ2n) is 5.63. The zero-order valence-corrected chi connectivity index (χ0v) is 13.8. The lowest BCUT2D eigenvalue weighted by molar-refractivity contribution is -0.274. The maximum Gasteiger partial charge on any atom is 0.573 e. The molecular weight excluding hydrogens is 347 g/mol. The van der Waals surface area contributed by atoms with Crippen molar-refractivity contribution < 1.29 is 27.4 Å². The number of halogens is 3. The van der Waals surface area contributed by atoms with E-state index in [9.17, 15) is 18.0 Å². The highest BCUT2D eigenvalue weighted by Crippen LogP contribution is 2.28. The molecule has 2 aromatic rings. The smallest absolute Gasteiger partial charge is 0.444 e. The largest absolute Gasteiger partial charge is 0.573 e. The number of amides is 1. The fourth-order valence-corrected chi connectivity index (χ4v) is 2.19. The van der Waals surface area contributed by atoms with E-state index in [0.717, 1.165) is 17.6 Å². The molecular formula is C14H14F3N3O3S. The molecule has 0 atom stereocenters. The molecule has 0 aliphatic rings. The Morgan fingerprint density at radius 2 is 1.96 bits per heavy atom. The van der Waals surface area contributed by atoms with Gasteiger partial charge >= 0.3 is 12.5 Å². The summed E-state index contributed by atoms with van der Waals surface area (Å²) >= 11 is 0.882. The van der Waals surface area contributed by atoms with Crippen molar-refractivity contribution in [1.82, 2.24) is 9.36 Å². The number of ether oxygens (including phenoxy) is 2. The third-order valence-electron chi connectivity index (χ3n) is 2.36. The fraction of sp³-hybridized carbons (Fsp3) is 0.357. The molecule has 0 saturated heterocycles. The van der Waals surface area contributed by atoms with Crippen molar-refractivity contribution in [3.63, 3.8) is 0 Å². The summed E-state index contributed by atoms with van der Waals surface area (Å²) in [5.41, 5.74) is -0.342. The predicted molar refractivity (Wildman–Crippen MR) is 81.9 cm³/mol. The molecule has 0 unspecified atom stereocenters. The van der Waals surface area contributed by atoms with Crippen LogP contribution in [0.5, 0.6) is 5.75 Å². The molecule has 0 saturated carbocycles. The molecule has 0 aliphatic carbocycles. The first kappa shape index (κ1) is 18.0. The molecule has 1 aromatic carbocycles. The second-order valence-corrected chi connectivity index (χ2v) is 6.38.